The lowest BCUT2D eigenvalue weighted by Gasteiger charge is -2.19. The predicted molar refractivity (Wildman–Crippen MR) is 154 cm³/mol. The zero-order valence-electron chi connectivity index (χ0n) is 21.2. The fourth-order valence-corrected chi connectivity index (χ4v) is 4.11. The van der Waals surface area contributed by atoms with E-state index in [9.17, 15) is 9.59 Å². The van der Waals surface area contributed by atoms with E-state index in [2.05, 4.69) is 36.7 Å². The lowest BCUT2D eigenvalue weighted by atomic mass is 9.87. The molecule has 0 aliphatic carbocycles. The molecule has 37 heavy (non-hydrogen) atoms. The van der Waals surface area contributed by atoms with Crippen LogP contribution in [0.4, 0.5) is 11.4 Å². The highest BCUT2D eigenvalue weighted by atomic mass is 32.1. The maximum absolute atomic E-state index is 12.9. The van der Waals surface area contributed by atoms with Gasteiger partial charge in [0.2, 0.25) is 0 Å². The van der Waals surface area contributed by atoms with Crippen molar-refractivity contribution in [2.45, 2.75) is 26.2 Å². The SMILES string of the molecule is COc1cc2ccccc2cc1C(=O)NC(=S)Nc1cccc(NC(=O)c2ccc(C(C)(C)C)cc2)c1. The number of methoxy groups -OCH3 is 1. The van der Waals surface area contributed by atoms with E-state index >= 15 is 0 Å². The van der Waals surface area contributed by atoms with Gasteiger partial charge in [-0.1, -0.05) is 63.2 Å². The highest BCUT2D eigenvalue weighted by Gasteiger charge is 2.16. The third-order valence-electron chi connectivity index (χ3n) is 5.93. The van der Waals surface area contributed by atoms with Gasteiger partial charge in [0, 0.05) is 16.9 Å². The summed E-state index contributed by atoms with van der Waals surface area (Å²) in [6.45, 7) is 6.39. The van der Waals surface area contributed by atoms with Crippen LogP contribution in [0.3, 0.4) is 0 Å². The molecule has 0 heterocycles. The maximum Gasteiger partial charge on any atom is 0.261 e. The smallest absolute Gasteiger partial charge is 0.261 e. The van der Waals surface area contributed by atoms with Gasteiger partial charge in [0.05, 0.1) is 12.7 Å². The molecule has 0 aliphatic rings. The Balaban J connectivity index is 1.41. The molecule has 0 fully saturated rings. The Bertz CT molecular complexity index is 1470. The van der Waals surface area contributed by atoms with E-state index in [4.69, 9.17) is 17.0 Å². The number of anilines is 2. The molecule has 0 aliphatic heterocycles. The minimum absolute atomic E-state index is 0.0161. The summed E-state index contributed by atoms with van der Waals surface area (Å²) in [7, 11) is 1.52. The molecular formula is C30H29N3O3S. The Hall–Kier alpha value is -4.23. The number of fused-ring (bicyclic) bond motifs is 1. The second-order valence-corrected chi connectivity index (χ2v) is 10.1. The van der Waals surface area contributed by atoms with E-state index in [1.165, 1.54) is 7.11 Å². The molecule has 0 aromatic heterocycles. The fraction of sp³-hybridized carbons (Fsp3) is 0.167. The summed E-state index contributed by atoms with van der Waals surface area (Å²) in [6, 6.07) is 26.0. The normalized spacial score (nSPS) is 11.0. The van der Waals surface area contributed by atoms with E-state index in [0.29, 0.717) is 28.3 Å². The first-order valence-corrected chi connectivity index (χ1v) is 12.3. The average Bonchev–Trinajstić information content (AvgIpc) is 2.87. The Morgan fingerprint density at radius 1 is 0.757 bits per heavy atom. The molecule has 0 radical (unpaired) electrons. The van der Waals surface area contributed by atoms with Gasteiger partial charge in [-0.3, -0.25) is 14.9 Å². The van der Waals surface area contributed by atoms with E-state index in [1.54, 1.807) is 30.3 Å². The van der Waals surface area contributed by atoms with Gasteiger partial charge >= 0.3 is 0 Å². The summed E-state index contributed by atoms with van der Waals surface area (Å²) in [5.74, 6) is -0.139. The van der Waals surface area contributed by atoms with Crippen molar-refractivity contribution in [1.82, 2.24) is 5.32 Å². The quantitative estimate of drug-likeness (QED) is 0.266. The van der Waals surface area contributed by atoms with Crippen molar-refractivity contribution in [3.05, 3.63) is 102 Å². The van der Waals surface area contributed by atoms with Crippen molar-refractivity contribution in [1.29, 1.82) is 0 Å². The molecule has 7 heteroatoms. The third kappa shape index (κ3) is 6.32. The van der Waals surface area contributed by atoms with E-state index in [-0.39, 0.29) is 22.3 Å². The van der Waals surface area contributed by atoms with Gasteiger partial charge in [-0.2, -0.15) is 0 Å². The molecule has 0 atom stereocenters. The largest absolute Gasteiger partial charge is 0.496 e. The van der Waals surface area contributed by atoms with Gasteiger partial charge in [-0.05, 0) is 76.4 Å². The molecule has 2 amide bonds. The lowest BCUT2D eigenvalue weighted by molar-refractivity contribution is 0.0973. The van der Waals surface area contributed by atoms with E-state index in [0.717, 1.165) is 16.3 Å². The van der Waals surface area contributed by atoms with Crippen molar-refractivity contribution in [2.24, 2.45) is 0 Å². The van der Waals surface area contributed by atoms with Gasteiger partial charge in [0.25, 0.3) is 11.8 Å². The summed E-state index contributed by atoms with van der Waals surface area (Å²) >= 11 is 5.37. The Labute approximate surface area is 222 Å². The van der Waals surface area contributed by atoms with Crippen LogP contribution in [0.25, 0.3) is 10.8 Å². The van der Waals surface area contributed by atoms with Crippen LogP contribution < -0.4 is 20.7 Å². The predicted octanol–water partition coefficient (Wildman–Crippen LogP) is 6.53. The molecule has 0 bridgehead atoms. The Morgan fingerprint density at radius 3 is 2.00 bits per heavy atom. The molecule has 0 unspecified atom stereocenters. The van der Waals surface area contributed by atoms with Crippen LogP contribution in [0, 0.1) is 0 Å². The molecule has 188 valence electrons. The maximum atomic E-state index is 12.9. The molecule has 3 N–H and O–H groups in total. The number of ether oxygens (including phenoxy) is 1. The summed E-state index contributed by atoms with van der Waals surface area (Å²) in [6.07, 6.45) is 0. The van der Waals surface area contributed by atoms with Crippen molar-refractivity contribution in [3.8, 4) is 5.75 Å². The number of amides is 2. The minimum atomic E-state index is -0.386. The van der Waals surface area contributed by atoms with Crippen molar-refractivity contribution < 1.29 is 14.3 Å². The summed E-state index contributed by atoms with van der Waals surface area (Å²) in [4.78, 5) is 25.7. The molecule has 0 saturated carbocycles. The van der Waals surface area contributed by atoms with Gasteiger partial charge in [0.15, 0.2) is 5.11 Å². The number of nitrogens with one attached hydrogen (secondary N) is 3. The van der Waals surface area contributed by atoms with Crippen LogP contribution >= 0.6 is 12.2 Å². The molecule has 0 spiro atoms. The highest BCUT2D eigenvalue weighted by Crippen LogP contribution is 2.26. The lowest BCUT2D eigenvalue weighted by Crippen LogP contribution is -2.34. The van der Waals surface area contributed by atoms with E-state index < -0.39 is 0 Å². The number of carbonyl (C=O) groups is 2. The van der Waals surface area contributed by atoms with Crippen molar-refractivity contribution in [2.75, 3.05) is 17.7 Å². The first-order chi connectivity index (χ1) is 17.6. The summed E-state index contributed by atoms with van der Waals surface area (Å²) < 4.78 is 5.42. The summed E-state index contributed by atoms with van der Waals surface area (Å²) in [5.41, 5.74) is 3.34. The van der Waals surface area contributed by atoms with Crippen LogP contribution in [0.2, 0.25) is 0 Å². The first-order valence-electron chi connectivity index (χ1n) is 11.8. The number of hydrogen-bond donors (Lipinski definition) is 3. The second kappa shape index (κ2) is 10.8. The van der Waals surface area contributed by atoms with Crippen LogP contribution in [0.15, 0.2) is 84.9 Å². The molecule has 4 aromatic rings. The minimum Gasteiger partial charge on any atom is -0.496 e. The van der Waals surface area contributed by atoms with Gasteiger partial charge in [-0.25, -0.2) is 0 Å². The van der Waals surface area contributed by atoms with Crippen LogP contribution in [-0.2, 0) is 5.41 Å². The third-order valence-corrected chi connectivity index (χ3v) is 6.14. The molecule has 0 saturated heterocycles. The number of benzene rings is 4. The number of rotatable bonds is 5. The number of thiocarbonyl (C=S) groups is 1. The first kappa shape index (κ1) is 25.9. The van der Waals surface area contributed by atoms with Gasteiger partial charge < -0.3 is 15.4 Å². The van der Waals surface area contributed by atoms with Crippen molar-refractivity contribution in [3.63, 3.8) is 0 Å². The zero-order chi connectivity index (χ0) is 26.6. The molecule has 6 nitrogen and oxygen atoms in total. The standard InChI is InChI=1S/C30H29N3O3S/c1-30(2,3)22-14-12-19(13-15-22)27(34)31-23-10-7-11-24(18-23)32-29(37)33-28(35)25-16-20-8-5-6-9-21(20)17-26(25)36-4/h5-18H,1-4H3,(H,31,34)(H2,32,33,35,37). The number of carbonyl (C=O) groups excluding carboxylic acids is 2. The summed E-state index contributed by atoms with van der Waals surface area (Å²) in [5, 5.41) is 10.6. The van der Waals surface area contributed by atoms with Crippen molar-refractivity contribution >= 4 is 51.3 Å². The highest BCUT2D eigenvalue weighted by molar-refractivity contribution is 7.80. The second-order valence-electron chi connectivity index (χ2n) is 9.67. The Kier molecular flexibility index (Phi) is 7.55. The van der Waals surface area contributed by atoms with Crippen LogP contribution in [-0.4, -0.2) is 24.0 Å². The fourth-order valence-electron chi connectivity index (χ4n) is 3.90. The topological polar surface area (TPSA) is 79.5 Å². The van der Waals surface area contributed by atoms with E-state index in [1.807, 2.05) is 54.6 Å². The number of hydrogen-bond acceptors (Lipinski definition) is 4. The van der Waals surface area contributed by atoms with Gasteiger partial charge in [-0.15, -0.1) is 0 Å². The Morgan fingerprint density at radius 2 is 1.38 bits per heavy atom. The zero-order valence-corrected chi connectivity index (χ0v) is 22.0. The molecular weight excluding hydrogens is 482 g/mol. The van der Waals surface area contributed by atoms with Crippen LogP contribution in [0.1, 0.15) is 47.1 Å². The molecule has 4 rings (SSSR count). The molecule has 4 aromatic carbocycles. The van der Waals surface area contributed by atoms with Crippen LogP contribution in [0.5, 0.6) is 5.75 Å². The monoisotopic (exact) mass is 511 g/mol. The average molecular weight is 512 g/mol. The van der Waals surface area contributed by atoms with Gasteiger partial charge in [0.1, 0.15) is 5.75 Å².